The molecule has 0 saturated carbocycles. The van der Waals surface area contributed by atoms with E-state index in [2.05, 4.69) is 24.3 Å². The predicted molar refractivity (Wildman–Crippen MR) is 134 cm³/mol. The van der Waals surface area contributed by atoms with Gasteiger partial charge in [-0.25, -0.2) is 8.42 Å². The van der Waals surface area contributed by atoms with Crippen LogP contribution in [0.2, 0.25) is 0 Å². The molecule has 0 radical (unpaired) electrons. The molecule has 1 aromatic heterocycles. The van der Waals surface area contributed by atoms with Gasteiger partial charge < -0.3 is 10.1 Å². The van der Waals surface area contributed by atoms with E-state index in [4.69, 9.17) is 4.74 Å². The lowest BCUT2D eigenvalue weighted by Gasteiger charge is -2.25. The second kappa shape index (κ2) is 10.3. The minimum atomic E-state index is -4.08. The van der Waals surface area contributed by atoms with Crippen LogP contribution >= 0.6 is 0 Å². The number of hydrogen-bond acceptors (Lipinski definition) is 5. The largest absolute Gasteiger partial charge is 0.492 e. The van der Waals surface area contributed by atoms with Gasteiger partial charge in [-0.2, -0.15) is 5.10 Å². The lowest BCUT2D eigenvalue weighted by atomic mass is 10.0. The SMILES string of the molecule is CCOc1ccccc1NC(=O)CN(c1ccc(C(C)C)cc1)S(=O)(=O)c1c(C)nn(C)c1C. The third kappa shape index (κ3) is 5.25. The molecule has 1 N–H and O–H groups in total. The number of carbonyl (C=O) groups is 1. The Balaban J connectivity index is 2.01. The summed E-state index contributed by atoms with van der Waals surface area (Å²) in [6.07, 6.45) is 0. The first-order chi connectivity index (χ1) is 16.1. The Morgan fingerprint density at radius 2 is 1.76 bits per heavy atom. The number of hydrogen-bond donors (Lipinski definition) is 1. The number of para-hydroxylation sites is 2. The number of benzene rings is 2. The number of aryl methyl sites for hydroxylation is 2. The van der Waals surface area contributed by atoms with Gasteiger partial charge in [0.25, 0.3) is 10.0 Å². The number of rotatable bonds is 9. The molecular weight excluding hydrogens is 452 g/mol. The van der Waals surface area contributed by atoms with Gasteiger partial charge in [0.1, 0.15) is 17.2 Å². The molecule has 0 aliphatic heterocycles. The van der Waals surface area contributed by atoms with E-state index in [9.17, 15) is 13.2 Å². The molecule has 1 amide bonds. The van der Waals surface area contributed by atoms with Crippen LogP contribution in [0.1, 0.15) is 43.6 Å². The maximum Gasteiger partial charge on any atom is 0.268 e. The van der Waals surface area contributed by atoms with E-state index < -0.39 is 22.5 Å². The fourth-order valence-corrected chi connectivity index (χ4v) is 5.58. The van der Waals surface area contributed by atoms with E-state index >= 15 is 0 Å². The van der Waals surface area contributed by atoms with Crippen LogP contribution in [0.3, 0.4) is 0 Å². The van der Waals surface area contributed by atoms with E-state index in [1.54, 1.807) is 51.2 Å². The molecule has 0 unspecified atom stereocenters. The van der Waals surface area contributed by atoms with E-state index in [1.165, 1.54) is 4.68 Å². The number of nitrogens with zero attached hydrogens (tertiary/aromatic N) is 3. The van der Waals surface area contributed by atoms with E-state index in [1.807, 2.05) is 25.1 Å². The highest BCUT2D eigenvalue weighted by molar-refractivity contribution is 7.93. The summed E-state index contributed by atoms with van der Waals surface area (Å²) in [6, 6.07) is 14.3. The first-order valence-electron chi connectivity index (χ1n) is 11.2. The second-order valence-corrected chi connectivity index (χ2v) is 10.2. The van der Waals surface area contributed by atoms with Gasteiger partial charge in [0.15, 0.2) is 0 Å². The van der Waals surface area contributed by atoms with Crippen LogP contribution in [-0.2, 0) is 21.9 Å². The summed E-state index contributed by atoms with van der Waals surface area (Å²) in [6.45, 7) is 9.37. The Morgan fingerprint density at radius 3 is 2.32 bits per heavy atom. The average Bonchev–Trinajstić information content (AvgIpc) is 3.05. The lowest BCUT2D eigenvalue weighted by Crippen LogP contribution is -2.38. The molecule has 3 aromatic rings. The monoisotopic (exact) mass is 484 g/mol. The van der Waals surface area contributed by atoms with Crippen molar-refractivity contribution >= 4 is 27.3 Å². The highest BCUT2D eigenvalue weighted by Crippen LogP contribution is 2.30. The molecule has 3 rings (SSSR count). The number of sulfonamides is 1. The molecular formula is C25H32N4O4S. The summed E-state index contributed by atoms with van der Waals surface area (Å²) in [5.41, 5.74) is 2.84. The standard InChI is InChI=1S/C25H32N4O4S/c1-7-33-23-11-9-8-10-22(23)26-24(30)16-29(21-14-12-20(13-15-21)17(2)3)34(31,32)25-18(4)27-28(6)19(25)5/h8-15,17H,7,16H2,1-6H3,(H,26,30). The maximum atomic E-state index is 13.8. The van der Waals surface area contributed by atoms with Gasteiger partial charge >= 0.3 is 0 Å². The van der Waals surface area contributed by atoms with Crippen LogP contribution in [0, 0.1) is 13.8 Å². The number of anilines is 2. The molecule has 0 aliphatic carbocycles. The molecule has 9 heteroatoms. The fraction of sp³-hybridized carbons (Fsp3) is 0.360. The van der Waals surface area contributed by atoms with Crippen molar-refractivity contribution in [1.29, 1.82) is 0 Å². The van der Waals surface area contributed by atoms with Crippen LogP contribution in [-0.4, -0.2) is 37.3 Å². The predicted octanol–water partition coefficient (Wildman–Crippen LogP) is 4.39. The van der Waals surface area contributed by atoms with Crippen molar-refractivity contribution in [2.45, 2.75) is 45.4 Å². The molecule has 0 bridgehead atoms. The summed E-state index contributed by atoms with van der Waals surface area (Å²) in [4.78, 5) is 13.2. The summed E-state index contributed by atoms with van der Waals surface area (Å²) >= 11 is 0. The van der Waals surface area contributed by atoms with Gasteiger partial charge in [-0.1, -0.05) is 38.1 Å². The van der Waals surface area contributed by atoms with E-state index in [0.29, 0.717) is 41.0 Å². The zero-order valence-electron chi connectivity index (χ0n) is 20.5. The summed E-state index contributed by atoms with van der Waals surface area (Å²) in [5.74, 6) is 0.330. The summed E-state index contributed by atoms with van der Waals surface area (Å²) < 4.78 is 35.9. The topological polar surface area (TPSA) is 93.5 Å². The molecule has 8 nitrogen and oxygen atoms in total. The second-order valence-electron chi connectivity index (χ2n) is 8.36. The Hall–Kier alpha value is -3.33. The summed E-state index contributed by atoms with van der Waals surface area (Å²) in [5, 5.41) is 7.06. The van der Waals surface area contributed by atoms with Crippen molar-refractivity contribution < 1.29 is 17.9 Å². The van der Waals surface area contributed by atoms with E-state index in [0.717, 1.165) is 9.87 Å². The Labute approximate surface area is 201 Å². The molecule has 2 aromatic carbocycles. The molecule has 1 heterocycles. The number of aromatic nitrogens is 2. The van der Waals surface area contributed by atoms with Crippen LogP contribution in [0.25, 0.3) is 0 Å². The third-order valence-corrected chi connectivity index (χ3v) is 7.61. The Bertz CT molecular complexity index is 1260. The van der Waals surface area contributed by atoms with Crippen molar-refractivity contribution in [2.24, 2.45) is 7.05 Å². The van der Waals surface area contributed by atoms with Crippen molar-refractivity contribution in [3.8, 4) is 5.75 Å². The highest BCUT2D eigenvalue weighted by Gasteiger charge is 2.32. The fourth-order valence-electron chi connectivity index (χ4n) is 3.75. The number of amides is 1. The van der Waals surface area contributed by atoms with Crippen LogP contribution in [0.5, 0.6) is 5.75 Å². The number of ether oxygens (including phenoxy) is 1. The van der Waals surface area contributed by atoms with Gasteiger partial charge in [0.2, 0.25) is 5.91 Å². The smallest absolute Gasteiger partial charge is 0.268 e. The highest BCUT2D eigenvalue weighted by atomic mass is 32.2. The minimum Gasteiger partial charge on any atom is -0.492 e. The summed E-state index contributed by atoms with van der Waals surface area (Å²) in [7, 11) is -2.38. The average molecular weight is 485 g/mol. The first-order valence-corrected chi connectivity index (χ1v) is 12.6. The molecule has 0 atom stereocenters. The van der Waals surface area contributed by atoms with Crippen molar-refractivity contribution in [1.82, 2.24) is 9.78 Å². The Morgan fingerprint density at radius 1 is 1.12 bits per heavy atom. The van der Waals surface area contributed by atoms with Gasteiger partial charge in [0, 0.05) is 7.05 Å². The minimum absolute atomic E-state index is 0.102. The molecule has 34 heavy (non-hydrogen) atoms. The van der Waals surface area contributed by atoms with Crippen molar-refractivity contribution in [3.63, 3.8) is 0 Å². The Kier molecular flexibility index (Phi) is 7.66. The first kappa shape index (κ1) is 25.3. The van der Waals surface area contributed by atoms with Gasteiger partial charge in [-0.3, -0.25) is 13.8 Å². The number of nitrogens with one attached hydrogen (secondary N) is 1. The molecule has 0 fully saturated rings. The molecule has 0 aliphatic rings. The number of carbonyl (C=O) groups excluding carboxylic acids is 1. The molecule has 0 saturated heterocycles. The lowest BCUT2D eigenvalue weighted by molar-refractivity contribution is -0.114. The molecule has 0 spiro atoms. The third-order valence-electron chi connectivity index (χ3n) is 5.59. The normalized spacial score (nSPS) is 11.5. The quantitative estimate of drug-likeness (QED) is 0.486. The van der Waals surface area contributed by atoms with Gasteiger partial charge in [-0.15, -0.1) is 0 Å². The van der Waals surface area contributed by atoms with E-state index in [-0.39, 0.29) is 4.90 Å². The zero-order chi connectivity index (χ0) is 25.0. The van der Waals surface area contributed by atoms with Gasteiger partial charge in [-0.05, 0) is 56.5 Å². The van der Waals surface area contributed by atoms with Crippen LogP contribution in [0.15, 0.2) is 53.4 Å². The molecule has 182 valence electrons. The maximum absolute atomic E-state index is 13.8. The van der Waals surface area contributed by atoms with Crippen molar-refractivity contribution in [2.75, 3.05) is 22.8 Å². The zero-order valence-corrected chi connectivity index (χ0v) is 21.3. The van der Waals surface area contributed by atoms with Gasteiger partial charge in [0.05, 0.1) is 29.4 Å². The van der Waals surface area contributed by atoms with Crippen LogP contribution < -0.4 is 14.4 Å². The van der Waals surface area contributed by atoms with Crippen molar-refractivity contribution in [3.05, 3.63) is 65.5 Å². The van der Waals surface area contributed by atoms with Crippen LogP contribution in [0.4, 0.5) is 11.4 Å².